The van der Waals surface area contributed by atoms with Gasteiger partial charge in [0.15, 0.2) is 0 Å². The fraction of sp³-hybridized carbons (Fsp3) is 0.364. The number of carbonyl (C=O) groups is 1. The highest BCUT2D eigenvalue weighted by Crippen LogP contribution is 2.21. The van der Waals surface area contributed by atoms with Crippen molar-refractivity contribution < 1.29 is 18.3 Å². The van der Waals surface area contributed by atoms with Gasteiger partial charge in [-0.25, -0.2) is 18.7 Å². The van der Waals surface area contributed by atoms with Gasteiger partial charge >= 0.3 is 5.97 Å². The molecule has 1 aromatic carbocycles. The molecule has 0 bridgehead atoms. The van der Waals surface area contributed by atoms with E-state index in [9.17, 15) is 13.6 Å². The lowest BCUT2D eigenvalue weighted by molar-refractivity contribution is -0.143. The third kappa shape index (κ3) is 7.13. The number of benzene rings is 1. The van der Waals surface area contributed by atoms with Crippen LogP contribution in [0.2, 0.25) is 0 Å². The first-order valence-electron chi connectivity index (χ1n) is 10.3. The number of hydrogen-bond donors (Lipinski definition) is 1. The van der Waals surface area contributed by atoms with Gasteiger partial charge in [-0.2, -0.15) is 5.10 Å². The normalized spacial score (nSPS) is 10.8. The standard InChI is InChI=1S/C22H25F2N5O2/c1-2-31-21(30)7-5-3-4-6-10-29-15-19(14-26-29)27-22-25-9-8-20(28-22)16-11-17(23)13-18(24)12-16/h8-9,11-15H,2-7,10H2,1H3,(H,25,27,28). The number of aryl methyl sites for hydroxylation is 1. The fourth-order valence-electron chi connectivity index (χ4n) is 3.09. The molecule has 0 radical (unpaired) electrons. The van der Waals surface area contributed by atoms with Gasteiger partial charge in [0.25, 0.3) is 0 Å². The van der Waals surface area contributed by atoms with E-state index in [1.165, 1.54) is 18.3 Å². The zero-order chi connectivity index (χ0) is 22.1. The van der Waals surface area contributed by atoms with Crippen molar-refractivity contribution in [2.75, 3.05) is 11.9 Å². The van der Waals surface area contributed by atoms with Crippen LogP contribution in [0.1, 0.15) is 39.0 Å². The van der Waals surface area contributed by atoms with Gasteiger partial charge in [0.2, 0.25) is 5.95 Å². The third-order valence-electron chi connectivity index (χ3n) is 4.53. The third-order valence-corrected chi connectivity index (χ3v) is 4.53. The van der Waals surface area contributed by atoms with E-state index in [-0.39, 0.29) is 5.97 Å². The first-order valence-corrected chi connectivity index (χ1v) is 10.3. The van der Waals surface area contributed by atoms with Crippen molar-refractivity contribution in [3.63, 3.8) is 0 Å². The zero-order valence-corrected chi connectivity index (χ0v) is 17.4. The molecule has 0 fully saturated rings. The Morgan fingerprint density at radius 2 is 1.90 bits per heavy atom. The molecule has 0 amide bonds. The number of rotatable bonds is 11. The summed E-state index contributed by atoms with van der Waals surface area (Å²) >= 11 is 0. The van der Waals surface area contributed by atoms with E-state index in [2.05, 4.69) is 20.4 Å². The molecule has 2 heterocycles. The molecule has 9 heteroatoms. The number of anilines is 2. The molecular formula is C22H25F2N5O2. The summed E-state index contributed by atoms with van der Waals surface area (Å²) < 4.78 is 33.7. The van der Waals surface area contributed by atoms with Crippen molar-refractivity contribution in [1.29, 1.82) is 0 Å². The second-order valence-corrected chi connectivity index (χ2v) is 7.01. The number of carbonyl (C=O) groups excluding carboxylic acids is 1. The molecule has 0 aliphatic carbocycles. The molecule has 3 rings (SSSR count). The lowest BCUT2D eigenvalue weighted by Crippen LogP contribution is -2.03. The van der Waals surface area contributed by atoms with Crippen molar-refractivity contribution >= 4 is 17.6 Å². The summed E-state index contributed by atoms with van der Waals surface area (Å²) in [5.41, 5.74) is 1.46. The van der Waals surface area contributed by atoms with Gasteiger partial charge in [-0.1, -0.05) is 12.8 Å². The van der Waals surface area contributed by atoms with Crippen LogP contribution in [0.3, 0.4) is 0 Å². The van der Waals surface area contributed by atoms with E-state index in [0.717, 1.165) is 38.3 Å². The van der Waals surface area contributed by atoms with E-state index in [4.69, 9.17) is 4.74 Å². The number of unbranched alkanes of at least 4 members (excludes halogenated alkanes) is 3. The van der Waals surface area contributed by atoms with E-state index >= 15 is 0 Å². The summed E-state index contributed by atoms with van der Waals surface area (Å²) in [7, 11) is 0. The molecule has 0 unspecified atom stereocenters. The minimum atomic E-state index is -0.662. The molecule has 31 heavy (non-hydrogen) atoms. The summed E-state index contributed by atoms with van der Waals surface area (Å²) in [6, 6.07) is 4.85. The summed E-state index contributed by atoms with van der Waals surface area (Å²) in [5, 5.41) is 7.37. The van der Waals surface area contributed by atoms with Crippen LogP contribution in [0, 0.1) is 11.6 Å². The second-order valence-electron chi connectivity index (χ2n) is 7.01. The molecule has 2 aromatic heterocycles. The Morgan fingerprint density at radius 3 is 2.68 bits per heavy atom. The number of esters is 1. The molecular weight excluding hydrogens is 404 g/mol. The number of hydrogen-bond acceptors (Lipinski definition) is 6. The lowest BCUT2D eigenvalue weighted by Gasteiger charge is -2.05. The first-order chi connectivity index (χ1) is 15.0. The highest BCUT2D eigenvalue weighted by molar-refractivity contribution is 5.69. The van der Waals surface area contributed by atoms with Crippen molar-refractivity contribution in [3.05, 3.63) is 54.5 Å². The predicted molar refractivity (Wildman–Crippen MR) is 113 cm³/mol. The lowest BCUT2D eigenvalue weighted by atomic mass is 10.1. The molecule has 7 nitrogen and oxygen atoms in total. The number of ether oxygens (including phenoxy) is 1. The summed E-state index contributed by atoms with van der Waals surface area (Å²) in [5.74, 6) is -1.16. The topological polar surface area (TPSA) is 81.9 Å². The maximum Gasteiger partial charge on any atom is 0.305 e. The number of aromatic nitrogens is 4. The molecule has 3 aromatic rings. The van der Waals surface area contributed by atoms with Crippen molar-refractivity contribution in [3.8, 4) is 11.3 Å². The van der Waals surface area contributed by atoms with E-state index in [1.807, 2.05) is 10.9 Å². The van der Waals surface area contributed by atoms with Crippen LogP contribution in [-0.4, -0.2) is 32.3 Å². The fourth-order valence-corrected chi connectivity index (χ4v) is 3.09. The first kappa shape index (κ1) is 22.3. The number of nitrogens with zero attached hydrogens (tertiary/aromatic N) is 4. The van der Waals surface area contributed by atoms with Gasteiger partial charge < -0.3 is 10.1 Å². The molecule has 0 aliphatic heterocycles. The Hall–Kier alpha value is -3.36. The van der Waals surface area contributed by atoms with E-state index < -0.39 is 11.6 Å². The Bertz CT molecular complexity index is 989. The van der Waals surface area contributed by atoms with Gasteiger partial charge in [0.05, 0.1) is 24.2 Å². The largest absolute Gasteiger partial charge is 0.466 e. The van der Waals surface area contributed by atoms with E-state index in [0.29, 0.717) is 35.9 Å². The Kier molecular flexibility index (Phi) is 8.03. The second kappa shape index (κ2) is 11.1. The average Bonchev–Trinajstić information content (AvgIpc) is 3.17. The zero-order valence-electron chi connectivity index (χ0n) is 17.4. The van der Waals surface area contributed by atoms with Gasteiger partial charge in [0, 0.05) is 37.0 Å². The summed E-state index contributed by atoms with van der Waals surface area (Å²) in [4.78, 5) is 19.8. The van der Waals surface area contributed by atoms with Crippen LogP contribution < -0.4 is 5.32 Å². The van der Waals surface area contributed by atoms with Crippen molar-refractivity contribution in [2.45, 2.75) is 45.6 Å². The van der Waals surface area contributed by atoms with Crippen LogP contribution >= 0.6 is 0 Å². The SMILES string of the molecule is CCOC(=O)CCCCCCn1cc(Nc2nccc(-c3cc(F)cc(F)c3)n2)cn1. The molecule has 0 saturated carbocycles. The molecule has 0 aliphatic rings. The Labute approximate surface area is 179 Å². The average molecular weight is 429 g/mol. The Morgan fingerprint density at radius 1 is 1.13 bits per heavy atom. The van der Waals surface area contributed by atoms with Gasteiger partial charge in [-0.3, -0.25) is 9.48 Å². The van der Waals surface area contributed by atoms with Crippen LogP contribution in [0.5, 0.6) is 0 Å². The smallest absolute Gasteiger partial charge is 0.305 e. The van der Waals surface area contributed by atoms with Gasteiger partial charge in [-0.15, -0.1) is 0 Å². The minimum absolute atomic E-state index is 0.140. The predicted octanol–water partition coefficient (Wildman–Crippen LogP) is 4.88. The highest BCUT2D eigenvalue weighted by Gasteiger charge is 2.08. The molecule has 164 valence electrons. The number of halogens is 2. The minimum Gasteiger partial charge on any atom is -0.466 e. The monoisotopic (exact) mass is 429 g/mol. The van der Waals surface area contributed by atoms with Crippen LogP contribution in [0.25, 0.3) is 11.3 Å². The highest BCUT2D eigenvalue weighted by atomic mass is 19.1. The summed E-state index contributed by atoms with van der Waals surface area (Å²) in [6.07, 6.45) is 9.23. The maximum atomic E-state index is 13.5. The van der Waals surface area contributed by atoms with Crippen molar-refractivity contribution in [2.24, 2.45) is 0 Å². The summed E-state index contributed by atoms with van der Waals surface area (Å²) in [6.45, 7) is 2.98. The van der Waals surface area contributed by atoms with Crippen LogP contribution in [0.15, 0.2) is 42.9 Å². The van der Waals surface area contributed by atoms with Crippen LogP contribution in [-0.2, 0) is 16.1 Å². The van der Waals surface area contributed by atoms with Gasteiger partial charge in [-0.05, 0) is 38.0 Å². The van der Waals surface area contributed by atoms with E-state index in [1.54, 1.807) is 19.2 Å². The molecule has 0 spiro atoms. The molecule has 0 saturated heterocycles. The molecule has 1 N–H and O–H groups in total. The van der Waals surface area contributed by atoms with Gasteiger partial charge in [0.1, 0.15) is 11.6 Å². The number of nitrogens with one attached hydrogen (secondary N) is 1. The quantitative estimate of drug-likeness (QED) is 0.346. The molecule has 0 atom stereocenters. The Balaban J connectivity index is 1.48. The maximum absolute atomic E-state index is 13.5. The van der Waals surface area contributed by atoms with Crippen molar-refractivity contribution in [1.82, 2.24) is 19.7 Å². The van der Waals surface area contributed by atoms with Crippen LogP contribution in [0.4, 0.5) is 20.4 Å².